The fraction of sp³-hybridized carbons (Fsp3) is 0.727. The van der Waals surface area contributed by atoms with Crippen molar-refractivity contribution in [3.8, 4) is 0 Å². The number of ether oxygens (including phenoxy) is 1. The van der Waals surface area contributed by atoms with Crippen molar-refractivity contribution < 1.29 is 9.84 Å². The quantitative estimate of drug-likeness (QED) is 0.734. The molecule has 1 fully saturated rings. The Morgan fingerprint density at radius 1 is 1.53 bits per heavy atom. The predicted molar refractivity (Wildman–Crippen MR) is 70.8 cm³/mol. The average molecular weight is 288 g/mol. The van der Waals surface area contributed by atoms with Gasteiger partial charge in [0.1, 0.15) is 0 Å². The Kier molecular flexibility index (Phi) is 4.87. The minimum absolute atomic E-state index is 0.140. The second-order valence-electron chi connectivity index (χ2n) is 4.80. The first-order valence-corrected chi connectivity index (χ1v) is 6.50. The van der Waals surface area contributed by atoms with Crippen LogP contribution in [0.4, 0.5) is 5.82 Å². The molecule has 3 N–H and O–H groups in total. The second-order valence-corrected chi connectivity index (χ2v) is 5.16. The summed E-state index contributed by atoms with van der Waals surface area (Å²) in [6.45, 7) is 2.81. The van der Waals surface area contributed by atoms with Gasteiger partial charge in [0, 0.05) is 33.2 Å². The summed E-state index contributed by atoms with van der Waals surface area (Å²) in [4.78, 5) is 6.26. The highest BCUT2D eigenvalue weighted by atomic mass is 35.5. The number of halogens is 1. The number of aromatic nitrogens is 3. The lowest BCUT2D eigenvalue weighted by molar-refractivity contribution is 0.00292. The fourth-order valence-electron chi connectivity index (χ4n) is 2.20. The number of hydrogen-bond acceptors (Lipinski definition) is 7. The molecule has 7 nitrogen and oxygen atoms in total. The summed E-state index contributed by atoms with van der Waals surface area (Å²) in [5, 5.41) is 17.4. The fourth-order valence-corrected chi connectivity index (χ4v) is 2.28. The predicted octanol–water partition coefficient (Wildman–Crippen LogP) is -0.411. The summed E-state index contributed by atoms with van der Waals surface area (Å²) in [6.07, 6.45) is 0.292. The monoisotopic (exact) mass is 287 g/mol. The largest absolute Gasteiger partial charge is 0.389 e. The minimum Gasteiger partial charge on any atom is -0.389 e. The molecule has 0 radical (unpaired) electrons. The van der Waals surface area contributed by atoms with Crippen LogP contribution in [-0.4, -0.2) is 64.6 Å². The number of nitrogen functional groups attached to an aromatic ring is 1. The van der Waals surface area contributed by atoms with E-state index >= 15 is 0 Å². The van der Waals surface area contributed by atoms with Crippen molar-refractivity contribution in [3.05, 3.63) is 11.0 Å². The SMILES string of the molecule is COC[C@@H](O)CN1CC(Cc2nnc(Cl)c(N)n2)C1. The number of anilines is 1. The second kappa shape index (κ2) is 6.42. The van der Waals surface area contributed by atoms with Gasteiger partial charge in [0.25, 0.3) is 0 Å². The maximum absolute atomic E-state index is 9.59. The molecule has 0 saturated carbocycles. The lowest BCUT2D eigenvalue weighted by Gasteiger charge is -2.39. The third-order valence-electron chi connectivity index (χ3n) is 3.05. The maximum atomic E-state index is 9.59. The van der Waals surface area contributed by atoms with Crippen molar-refractivity contribution in [2.75, 3.05) is 39.1 Å². The van der Waals surface area contributed by atoms with E-state index in [-0.39, 0.29) is 11.0 Å². The minimum atomic E-state index is -0.435. The van der Waals surface area contributed by atoms with E-state index in [1.807, 2.05) is 0 Å². The molecule has 106 valence electrons. The van der Waals surface area contributed by atoms with Crippen molar-refractivity contribution in [2.45, 2.75) is 12.5 Å². The van der Waals surface area contributed by atoms with Crippen molar-refractivity contribution in [2.24, 2.45) is 5.92 Å². The first kappa shape index (κ1) is 14.4. The van der Waals surface area contributed by atoms with Crippen LogP contribution in [0.25, 0.3) is 0 Å². The highest BCUT2D eigenvalue weighted by Crippen LogP contribution is 2.20. The molecule has 1 aromatic rings. The van der Waals surface area contributed by atoms with Crippen LogP contribution >= 0.6 is 11.6 Å². The molecule has 0 aromatic carbocycles. The topological polar surface area (TPSA) is 97.4 Å². The number of hydrogen-bond donors (Lipinski definition) is 2. The van der Waals surface area contributed by atoms with Crippen molar-refractivity contribution >= 4 is 17.4 Å². The normalized spacial score (nSPS) is 18.3. The van der Waals surface area contributed by atoms with Gasteiger partial charge in [-0.05, 0) is 5.92 Å². The molecular formula is C11H18ClN5O2. The lowest BCUT2D eigenvalue weighted by Crippen LogP contribution is -2.51. The highest BCUT2D eigenvalue weighted by Gasteiger charge is 2.29. The summed E-state index contributed by atoms with van der Waals surface area (Å²) in [5.41, 5.74) is 5.58. The summed E-state index contributed by atoms with van der Waals surface area (Å²) in [7, 11) is 1.58. The third kappa shape index (κ3) is 3.97. The first-order chi connectivity index (χ1) is 9.08. The van der Waals surface area contributed by atoms with Gasteiger partial charge in [-0.25, -0.2) is 4.98 Å². The molecule has 8 heteroatoms. The molecule has 2 heterocycles. The molecule has 0 aliphatic carbocycles. The molecule has 1 aliphatic heterocycles. The zero-order valence-corrected chi connectivity index (χ0v) is 11.5. The lowest BCUT2D eigenvalue weighted by atomic mass is 9.95. The molecule has 19 heavy (non-hydrogen) atoms. The Hall–Kier alpha value is -1.02. The van der Waals surface area contributed by atoms with Gasteiger partial charge >= 0.3 is 0 Å². The summed E-state index contributed by atoms with van der Waals surface area (Å²) >= 11 is 5.67. The average Bonchev–Trinajstić information content (AvgIpc) is 2.31. The van der Waals surface area contributed by atoms with E-state index in [2.05, 4.69) is 20.1 Å². The van der Waals surface area contributed by atoms with Gasteiger partial charge in [-0.1, -0.05) is 11.6 Å². The summed E-state index contributed by atoms with van der Waals surface area (Å²) < 4.78 is 4.89. The molecule has 0 unspecified atom stereocenters. The summed E-state index contributed by atoms with van der Waals surface area (Å²) in [6, 6.07) is 0. The van der Waals surface area contributed by atoms with Crippen LogP contribution in [0.2, 0.25) is 5.15 Å². The van der Waals surface area contributed by atoms with E-state index in [9.17, 15) is 5.11 Å². The number of nitrogens with two attached hydrogens (primary N) is 1. The number of rotatable bonds is 6. The van der Waals surface area contributed by atoms with E-state index in [0.29, 0.717) is 24.9 Å². The van der Waals surface area contributed by atoms with E-state index in [0.717, 1.165) is 19.5 Å². The van der Waals surface area contributed by atoms with Gasteiger partial charge in [-0.2, -0.15) is 0 Å². The Morgan fingerprint density at radius 2 is 2.26 bits per heavy atom. The Bertz CT molecular complexity index is 428. The van der Waals surface area contributed by atoms with Gasteiger partial charge < -0.3 is 20.5 Å². The zero-order valence-electron chi connectivity index (χ0n) is 10.8. The molecule has 1 aliphatic rings. The smallest absolute Gasteiger partial charge is 0.193 e. The number of aliphatic hydroxyl groups is 1. The number of methoxy groups -OCH3 is 1. The first-order valence-electron chi connectivity index (χ1n) is 6.12. The van der Waals surface area contributed by atoms with Crippen LogP contribution in [0.5, 0.6) is 0 Å². The third-order valence-corrected chi connectivity index (χ3v) is 3.32. The van der Waals surface area contributed by atoms with Gasteiger partial charge in [0.2, 0.25) is 0 Å². The van der Waals surface area contributed by atoms with Crippen LogP contribution in [0, 0.1) is 5.92 Å². The van der Waals surface area contributed by atoms with Crippen LogP contribution in [0.1, 0.15) is 5.82 Å². The van der Waals surface area contributed by atoms with Crippen molar-refractivity contribution in [3.63, 3.8) is 0 Å². The van der Waals surface area contributed by atoms with E-state index in [1.54, 1.807) is 7.11 Å². The van der Waals surface area contributed by atoms with Crippen LogP contribution < -0.4 is 5.73 Å². The highest BCUT2D eigenvalue weighted by molar-refractivity contribution is 6.31. The molecule has 2 rings (SSSR count). The Labute approximate surface area is 116 Å². The number of nitrogens with zero attached hydrogens (tertiary/aromatic N) is 4. The molecule has 0 amide bonds. The molecular weight excluding hydrogens is 270 g/mol. The molecule has 1 atom stereocenters. The van der Waals surface area contributed by atoms with Crippen LogP contribution in [-0.2, 0) is 11.2 Å². The molecule has 1 aromatic heterocycles. The van der Waals surface area contributed by atoms with Crippen LogP contribution in [0.15, 0.2) is 0 Å². The standard InChI is InChI=1S/C11H18ClN5O2/c1-19-6-8(18)5-17-3-7(4-17)2-9-14-11(13)10(12)16-15-9/h7-8,18H,2-6H2,1H3,(H2,13,14,15)/t8-/m0/s1. The Morgan fingerprint density at radius 3 is 2.89 bits per heavy atom. The van der Waals surface area contributed by atoms with E-state index in [1.165, 1.54) is 0 Å². The zero-order chi connectivity index (χ0) is 13.8. The van der Waals surface area contributed by atoms with Crippen molar-refractivity contribution in [1.82, 2.24) is 20.1 Å². The number of β-amino-alcohol motifs (C(OH)–C–C–N with tert-alkyl or cyclic N) is 1. The van der Waals surface area contributed by atoms with Crippen molar-refractivity contribution in [1.29, 1.82) is 0 Å². The van der Waals surface area contributed by atoms with Gasteiger partial charge in [-0.3, -0.25) is 0 Å². The van der Waals surface area contributed by atoms with Gasteiger partial charge in [-0.15, -0.1) is 10.2 Å². The number of likely N-dealkylation sites (tertiary alicyclic amines) is 1. The van der Waals surface area contributed by atoms with E-state index in [4.69, 9.17) is 22.1 Å². The molecule has 0 bridgehead atoms. The summed E-state index contributed by atoms with van der Waals surface area (Å²) in [5.74, 6) is 1.31. The number of aliphatic hydroxyl groups excluding tert-OH is 1. The molecule has 1 saturated heterocycles. The molecule has 0 spiro atoms. The van der Waals surface area contributed by atoms with E-state index < -0.39 is 6.10 Å². The Balaban J connectivity index is 1.74. The van der Waals surface area contributed by atoms with Crippen LogP contribution in [0.3, 0.4) is 0 Å². The van der Waals surface area contributed by atoms with Gasteiger partial charge in [0.15, 0.2) is 16.8 Å². The maximum Gasteiger partial charge on any atom is 0.193 e. The van der Waals surface area contributed by atoms with Gasteiger partial charge in [0.05, 0.1) is 12.7 Å².